The summed E-state index contributed by atoms with van der Waals surface area (Å²) in [6.07, 6.45) is 1.73. The van der Waals surface area contributed by atoms with Gasteiger partial charge >= 0.3 is 0 Å². The highest BCUT2D eigenvalue weighted by atomic mass is 79.9. The Kier molecular flexibility index (Phi) is 4.08. The molecule has 1 aromatic carbocycles. The molecule has 1 heterocycles. The molecule has 0 saturated carbocycles. The van der Waals surface area contributed by atoms with Gasteiger partial charge in [0.25, 0.3) is 5.89 Å². The zero-order chi connectivity index (χ0) is 13.1. The highest BCUT2D eigenvalue weighted by molar-refractivity contribution is 9.10. The van der Waals surface area contributed by atoms with Crippen LogP contribution in [0.4, 0.5) is 4.39 Å². The summed E-state index contributed by atoms with van der Waals surface area (Å²) in [5, 5.41) is 3.82. The molecule has 0 aliphatic heterocycles. The van der Waals surface area contributed by atoms with Gasteiger partial charge in [-0.25, -0.2) is 4.39 Å². The van der Waals surface area contributed by atoms with Crippen LogP contribution in [-0.2, 0) is 0 Å². The Morgan fingerprint density at radius 2 is 2.28 bits per heavy atom. The lowest BCUT2D eigenvalue weighted by atomic mass is 10.2. The van der Waals surface area contributed by atoms with Crippen LogP contribution < -0.4 is 5.73 Å². The molecule has 0 spiro atoms. The number of aromatic nitrogens is 2. The topological polar surface area (TPSA) is 64.9 Å². The molecule has 0 saturated heterocycles. The van der Waals surface area contributed by atoms with E-state index in [2.05, 4.69) is 26.1 Å². The van der Waals surface area contributed by atoms with Crippen molar-refractivity contribution in [1.82, 2.24) is 10.1 Å². The summed E-state index contributed by atoms with van der Waals surface area (Å²) in [6.45, 7) is 2.03. The monoisotopic (exact) mass is 313 g/mol. The third kappa shape index (κ3) is 2.76. The van der Waals surface area contributed by atoms with E-state index in [-0.39, 0.29) is 17.7 Å². The molecule has 0 bridgehead atoms. The van der Waals surface area contributed by atoms with Gasteiger partial charge in [0.2, 0.25) is 0 Å². The summed E-state index contributed by atoms with van der Waals surface area (Å²) >= 11 is 3.09. The number of hydrogen-bond donors (Lipinski definition) is 1. The summed E-state index contributed by atoms with van der Waals surface area (Å²) in [4.78, 5) is 4.19. The number of nitrogens with two attached hydrogens (primary N) is 1. The average molecular weight is 314 g/mol. The molecule has 4 nitrogen and oxygen atoms in total. The van der Waals surface area contributed by atoms with Gasteiger partial charge in [0, 0.05) is 5.56 Å². The fourth-order valence-electron chi connectivity index (χ4n) is 1.57. The fourth-order valence-corrected chi connectivity index (χ4v) is 1.82. The van der Waals surface area contributed by atoms with Crippen molar-refractivity contribution < 1.29 is 8.91 Å². The van der Waals surface area contributed by atoms with Crippen molar-refractivity contribution in [3.63, 3.8) is 0 Å². The molecule has 0 aliphatic rings. The van der Waals surface area contributed by atoms with Gasteiger partial charge in [0.15, 0.2) is 5.82 Å². The molecule has 0 amide bonds. The molecule has 1 aromatic heterocycles. The Balaban J connectivity index is 2.26. The van der Waals surface area contributed by atoms with Gasteiger partial charge in [-0.3, -0.25) is 0 Å². The molecule has 18 heavy (non-hydrogen) atoms. The van der Waals surface area contributed by atoms with Crippen molar-refractivity contribution in [3.8, 4) is 11.5 Å². The fraction of sp³-hybridized carbons (Fsp3) is 0.333. The largest absolute Gasteiger partial charge is 0.334 e. The van der Waals surface area contributed by atoms with E-state index in [1.807, 2.05) is 6.92 Å². The number of benzene rings is 1. The van der Waals surface area contributed by atoms with Gasteiger partial charge in [-0.1, -0.05) is 18.5 Å². The first-order valence-electron chi connectivity index (χ1n) is 5.66. The minimum atomic E-state index is -0.370. The summed E-state index contributed by atoms with van der Waals surface area (Å²) < 4.78 is 18.9. The van der Waals surface area contributed by atoms with Crippen molar-refractivity contribution in [2.24, 2.45) is 5.73 Å². The Hall–Kier alpha value is -1.27. The molecule has 0 radical (unpaired) electrons. The van der Waals surface area contributed by atoms with Crippen LogP contribution in [0.15, 0.2) is 27.2 Å². The summed E-state index contributed by atoms with van der Waals surface area (Å²) in [5.74, 6) is 0.364. The molecule has 0 aliphatic carbocycles. The van der Waals surface area contributed by atoms with Gasteiger partial charge in [-0.05, 0) is 40.5 Å². The van der Waals surface area contributed by atoms with Crippen molar-refractivity contribution in [2.45, 2.75) is 25.8 Å². The number of rotatable bonds is 4. The van der Waals surface area contributed by atoms with Crippen LogP contribution in [0.2, 0.25) is 0 Å². The van der Waals surface area contributed by atoms with E-state index in [0.717, 1.165) is 12.8 Å². The Morgan fingerprint density at radius 3 is 2.94 bits per heavy atom. The van der Waals surface area contributed by atoms with E-state index in [1.54, 1.807) is 12.1 Å². The van der Waals surface area contributed by atoms with E-state index in [1.165, 1.54) is 6.07 Å². The first kappa shape index (κ1) is 13.2. The van der Waals surface area contributed by atoms with Crippen LogP contribution >= 0.6 is 15.9 Å². The molecular weight excluding hydrogens is 301 g/mol. The van der Waals surface area contributed by atoms with E-state index in [4.69, 9.17) is 10.3 Å². The minimum Gasteiger partial charge on any atom is -0.334 e. The van der Waals surface area contributed by atoms with E-state index in [9.17, 15) is 4.39 Å². The first-order valence-corrected chi connectivity index (χ1v) is 6.45. The highest BCUT2D eigenvalue weighted by Crippen LogP contribution is 2.24. The van der Waals surface area contributed by atoms with Crippen molar-refractivity contribution >= 4 is 15.9 Å². The van der Waals surface area contributed by atoms with E-state index in [0.29, 0.717) is 15.9 Å². The molecule has 0 fully saturated rings. The number of halogens is 2. The summed E-state index contributed by atoms with van der Waals surface area (Å²) in [6, 6.07) is 4.40. The molecular formula is C12H13BrFN3O. The SMILES string of the molecule is CCCC(N)c1noc(-c2ccc(Br)c(F)c2)n1. The first-order chi connectivity index (χ1) is 8.61. The van der Waals surface area contributed by atoms with Crippen LogP contribution in [0.3, 0.4) is 0 Å². The lowest BCUT2D eigenvalue weighted by Crippen LogP contribution is -2.11. The van der Waals surface area contributed by atoms with Crippen molar-refractivity contribution in [1.29, 1.82) is 0 Å². The highest BCUT2D eigenvalue weighted by Gasteiger charge is 2.15. The Labute approximate surface area is 113 Å². The van der Waals surface area contributed by atoms with Gasteiger partial charge in [-0.15, -0.1) is 0 Å². The summed E-state index contributed by atoms with van der Waals surface area (Å²) in [5.41, 5.74) is 6.42. The predicted molar refractivity (Wildman–Crippen MR) is 69.2 cm³/mol. The van der Waals surface area contributed by atoms with Crippen LogP contribution in [-0.4, -0.2) is 10.1 Å². The lowest BCUT2D eigenvalue weighted by Gasteiger charge is -2.02. The third-order valence-corrected chi connectivity index (χ3v) is 3.18. The van der Waals surface area contributed by atoms with Crippen molar-refractivity contribution in [2.75, 3.05) is 0 Å². The van der Waals surface area contributed by atoms with E-state index >= 15 is 0 Å². The lowest BCUT2D eigenvalue weighted by molar-refractivity contribution is 0.413. The minimum absolute atomic E-state index is 0.243. The molecule has 96 valence electrons. The third-order valence-electron chi connectivity index (χ3n) is 2.54. The second-order valence-electron chi connectivity index (χ2n) is 3.98. The average Bonchev–Trinajstić information content (AvgIpc) is 2.82. The van der Waals surface area contributed by atoms with Crippen LogP contribution in [0.1, 0.15) is 31.6 Å². The molecule has 2 aromatic rings. The van der Waals surface area contributed by atoms with E-state index < -0.39 is 0 Å². The maximum absolute atomic E-state index is 13.4. The Morgan fingerprint density at radius 1 is 1.50 bits per heavy atom. The van der Waals surface area contributed by atoms with Gasteiger partial charge in [0.05, 0.1) is 10.5 Å². The molecule has 6 heteroatoms. The maximum Gasteiger partial charge on any atom is 0.258 e. The molecule has 1 unspecified atom stereocenters. The smallest absolute Gasteiger partial charge is 0.258 e. The van der Waals surface area contributed by atoms with Crippen LogP contribution in [0, 0.1) is 5.82 Å². The zero-order valence-electron chi connectivity index (χ0n) is 9.86. The van der Waals surface area contributed by atoms with Gasteiger partial charge in [0.1, 0.15) is 5.82 Å². The molecule has 2 N–H and O–H groups in total. The Bertz CT molecular complexity index is 544. The van der Waals surface area contributed by atoms with Crippen LogP contribution in [0.5, 0.6) is 0 Å². The number of nitrogens with zero attached hydrogens (tertiary/aromatic N) is 2. The van der Waals surface area contributed by atoms with Crippen LogP contribution in [0.25, 0.3) is 11.5 Å². The van der Waals surface area contributed by atoms with Crippen molar-refractivity contribution in [3.05, 3.63) is 34.3 Å². The normalized spacial score (nSPS) is 12.7. The molecule has 2 rings (SSSR count). The second-order valence-corrected chi connectivity index (χ2v) is 4.84. The summed E-state index contributed by atoms with van der Waals surface area (Å²) in [7, 11) is 0. The molecule has 1 atom stereocenters. The maximum atomic E-state index is 13.4. The van der Waals surface area contributed by atoms with Gasteiger partial charge < -0.3 is 10.3 Å². The predicted octanol–water partition coefficient (Wildman–Crippen LogP) is 3.44. The zero-order valence-corrected chi connectivity index (χ0v) is 11.4. The van der Waals surface area contributed by atoms with Gasteiger partial charge in [-0.2, -0.15) is 4.98 Å². The quantitative estimate of drug-likeness (QED) is 0.939. The second kappa shape index (κ2) is 5.58. The standard InChI is InChI=1S/C12H13BrFN3O/c1-2-3-10(15)11-16-12(18-17-11)7-4-5-8(13)9(14)6-7/h4-6,10H,2-3,15H2,1H3. The number of hydrogen-bond acceptors (Lipinski definition) is 4.